The fourth-order valence-corrected chi connectivity index (χ4v) is 2.41. The van der Waals surface area contributed by atoms with E-state index in [0.717, 1.165) is 18.2 Å². The number of rotatable bonds is 5. The van der Waals surface area contributed by atoms with E-state index in [0.29, 0.717) is 10.8 Å². The molecule has 3 nitrogen and oxygen atoms in total. The van der Waals surface area contributed by atoms with Crippen LogP contribution in [0.1, 0.15) is 24.0 Å². The van der Waals surface area contributed by atoms with Gasteiger partial charge in [0.2, 0.25) is 0 Å². The van der Waals surface area contributed by atoms with Crippen molar-refractivity contribution < 1.29 is 22.7 Å². The van der Waals surface area contributed by atoms with Gasteiger partial charge in [-0.2, -0.15) is 18.4 Å². The molecular formula is C18H13ClF3NO2. The summed E-state index contributed by atoms with van der Waals surface area (Å²) in [5.41, 5.74) is -0.940. The van der Waals surface area contributed by atoms with Crippen molar-refractivity contribution in [2.75, 3.05) is 0 Å². The van der Waals surface area contributed by atoms with Gasteiger partial charge >= 0.3 is 6.18 Å². The highest BCUT2D eigenvalue weighted by atomic mass is 35.5. The summed E-state index contributed by atoms with van der Waals surface area (Å²) in [5.74, 6) is -1.67. The van der Waals surface area contributed by atoms with Crippen LogP contribution in [0.3, 0.4) is 0 Å². The third kappa shape index (κ3) is 4.74. The topological polar surface area (TPSA) is 50.1 Å². The molecular weight excluding hydrogens is 355 g/mol. The van der Waals surface area contributed by atoms with Gasteiger partial charge in [-0.25, -0.2) is 0 Å². The van der Waals surface area contributed by atoms with Crippen molar-refractivity contribution in [1.82, 2.24) is 0 Å². The molecule has 0 spiro atoms. The zero-order chi connectivity index (χ0) is 18.6. The zero-order valence-corrected chi connectivity index (χ0v) is 13.8. The van der Waals surface area contributed by atoms with E-state index in [1.807, 2.05) is 0 Å². The molecule has 0 bridgehead atoms. The summed E-state index contributed by atoms with van der Waals surface area (Å²) >= 11 is 5.83. The first-order chi connectivity index (χ1) is 11.7. The lowest BCUT2D eigenvalue weighted by atomic mass is 9.92. The molecule has 2 unspecified atom stereocenters. The maximum atomic E-state index is 12.8. The van der Waals surface area contributed by atoms with Crippen LogP contribution in [-0.4, -0.2) is 11.9 Å². The van der Waals surface area contributed by atoms with E-state index >= 15 is 0 Å². The van der Waals surface area contributed by atoms with Gasteiger partial charge in [0.15, 0.2) is 11.9 Å². The van der Waals surface area contributed by atoms with Crippen molar-refractivity contribution in [2.24, 2.45) is 0 Å². The molecule has 0 radical (unpaired) electrons. The highest BCUT2D eigenvalue weighted by Crippen LogP contribution is 2.31. The van der Waals surface area contributed by atoms with Gasteiger partial charge in [0.05, 0.1) is 11.6 Å². The third-order valence-electron chi connectivity index (χ3n) is 3.47. The van der Waals surface area contributed by atoms with Crippen LogP contribution < -0.4 is 4.74 Å². The van der Waals surface area contributed by atoms with Crippen LogP contribution in [-0.2, 0) is 11.0 Å². The van der Waals surface area contributed by atoms with Gasteiger partial charge in [-0.1, -0.05) is 35.9 Å². The predicted octanol–water partition coefficient (Wildman–Crippen LogP) is 5.00. The van der Waals surface area contributed by atoms with E-state index in [2.05, 4.69) is 0 Å². The van der Waals surface area contributed by atoms with Crippen molar-refractivity contribution in [3.8, 4) is 11.8 Å². The number of nitrogens with zero attached hydrogens (tertiary/aromatic N) is 1. The van der Waals surface area contributed by atoms with Crippen molar-refractivity contribution >= 4 is 17.4 Å². The molecule has 2 aromatic rings. The number of carbonyl (C=O) groups is 1. The molecule has 2 aromatic carbocycles. The van der Waals surface area contributed by atoms with Gasteiger partial charge in [-0.15, -0.1) is 0 Å². The van der Waals surface area contributed by atoms with Crippen molar-refractivity contribution in [3.05, 3.63) is 64.7 Å². The Hall–Kier alpha value is -2.52. The smallest absolute Gasteiger partial charge is 0.416 e. The zero-order valence-electron chi connectivity index (χ0n) is 13.0. The van der Waals surface area contributed by atoms with E-state index in [-0.39, 0.29) is 5.56 Å². The van der Waals surface area contributed by atoms with Gasteiger partial charge in [-0.3, -0.25) is 4.79 Å². The molecule has 0 saturated carbocycles. The Bertz CT molecular complexity index is 814. The Morgan fingerprint density at radius 1 is 1.20 bits per heavy atom. The average Bonchev–Trinajstić information content (AvgIpc) is 2.55. The minimum atomic E-state index is -4.55. The number of benzene rings is 2. The Morgan fingerprint density at radius 3 is 2.48 bits per heavy atom. The van der Waals surface area contributed by atoms with E-state index < -0.39 is 29.5 Å². The SMILES string of the molecule is CC(Oc1cccc(Cl)c1)C(=O)C(C#N)c1cccc(C(F)(F)F)c1. The summed E-state index contributed by atoms with van der Waals surface area (Å²) in [6.07, 6.45) is -5.58. The molecule has 25 heavy (non-hydrogen) atoms. The molecule has 0 aliphatic heterocycles. The van der Waals surface area contributed by atoms with Crippen molar-refractivity contribution in [3.63, 3.8) is 0 Å². The summed E-state index contributed by atoms with van der Waals surface area (Å²) in [4.78, 5) is 12.5. The van der Waals surface area contributed by atoms with Gasteiger partial charge in [-0.05, 0) is 36.8 Å². The maximum absolute atomic E-state index is 12.8. The number of hydrogen-bond acceptors (Lipinski definition) is 3. The molecule has 0 saturated heterocycles. The number of Topliss-reactive ketones (excluding diaryl/α,β-unsaturated/α-hetero) is 1. The Kier molecular flexibility index (Phi) is 5.70. The number of ether oxygens (including phenoxy) is 1. The second-order valence-electron chi connectivity index (χ2n) is 5.31. The standard InChI is InChI=1S/C18H13ClF3NO2/c1-11(25-15-7-3-6-14(19)9-15)17(24)16(10-23)12-4-2-5-13(8-12)18(20,21)22/h2-9,11,16H,1H3. The van der Waals surface area contributed by atoms with Gasteiger partial charge in [0.25, 0.3) is 0 Å². The molecule has 0 amide bonds. The van der Waals surface area contributed by atoms with Gasteiger partial charge in [0.1, 0.15) is 11.7 Å². The monoisotopic (exact) mass is 367 g/mol. The summed E-state index contributed by atoms with van der Waals surface area (Å²) in [5, 5.41) is 9.68. The molecule has 0 heterocycles. The number of carbonyl (C=O) groups excluding carboxylic acids is 1. The van der Waals surface area contributed by atoms with Gasteiger partial charge in [0, 0.05) is 5.02 Å². The second-order valence-corrected chi connectivity index (χ2v) is 5.74. The summed E-state index contributed by atoms with van der Waals surface area (Å²) in [7, 11) is 0. The van der Waals surface area contributed by atoms with Crippen LogP contribution in [0.15, 0.2) is 48.5 Å². The van der Waals surface area contributed by atoms with E-state index in [9.17, 15) is 23.2 Å². The first kappa shape index (κ1) is 18.8. The van der Waals surface area contributed by atoms with Crippen LogP contribution in [0, 0.1) is 11.3 Å². The van der Waals surface area contributed by atoms with Crippen molar-refractivity contribution in [2.45, 2.75) is 25.1 Å². The lowest BCUT2D eigenvalue weighted by molar-refractivity contribution is -0.137. The third-order valence-corrected chi connectivity index (χ3v) is 3.71. The largest absolute Gasteiger partial charge is 0.483 e. The molecule has 7 heteroatoms. The predicted molar refractivity (Wildman–Crippen MR) is 86.3 cm³/mol. The van der Waals surface area contributed by atoms with Gasteiger partial charge < -0.3 is 4.74 Å². The van der Waals surface area contributed by atoms with Crippen LogP contribution in [0.4, 0.5) is 13.2 Å². The molecule has 0 aliphatic carbocycles. The second kappa shape index (κ2) is 7.58. The van der Waals surface area contributed by atoms with E-state index in [4.69, 9.17) is 16.3 Å². The van der Waals surface area contributed by atoms with E-state index in [1.54, 1.807) is 24.3 Å². The van der Waals surface area contributed by atoms with E-state index in [1.165, 1.54) is 19.1 Å². The molecule has 0 fully saturated rings. The average molecular weight is 368 g/mol. The minimum absolute atomic E-state index is 0.0242. The Labute approximate surface area is 147 Å². The fraction of sp³-hybridized carbons (Fsp3) is 0.222. The van der Waals surface area contributed by atoms with Crippen LogP contribution >= 0.6 is 11.6 Å². The van der Waals surface area contributed by atoms with Crippen molar-refractivity contribution in [1.29, 1.82) is 5.26 Å². The number of nitriles is 1. The number of halogens is 4. The molecule has 0 aliphatic rings. The highest BCUT2D eigenvalue weighted by Gasteiger charge is 2.33. The summed E-state index contributed by atoms with van der Waals surface area (Å²) in [6, 6.07) is 12.3. The summed E-state index contributed by atoms with van der Waals surface area (Å²) in [6.45, 7) is 1.43. The quantitative estimate of drug-likeness (QED) is 0.747. The first-order valence-corrected chi connectivity index (χ1v) is 7.63. The number of ketones is 1. The molecule has 0 N–H and O–H groups in total. The van der Waals surface area contributed by atoms with Crippen LogP contribution in [0.2, 0.25) is 5.02 Å². The molecule has 2 atom stereocenters. The Balaban J connectivity index is 2.22. The lowest BCUT2D eigenvalue weighted by Crippen LogP contribution is -2.29. The Morgan fingerprint density at radius 2 is 1.88 bits per heavy atom. The molecule has 130 valence electrons. The molecule has 2 rings (SSSR count). The number of alkyl halides is 3. The summed E-state index contributed by atoms with van der Waals surface area (Å²) < 4.78 is 43.9. The first-order valence-electron chi connectivity index (χ1n) is 7.25. The van der Waals surface area contributed by atoms with Crippen LogP contribution in [0.25, 0.3) is 0 Å². The lowest BCUT2D eigenvalue weighted by Gasteiger charge is -2.18. The highest BCUT2D eigenvalue weighted by molar-refractivity contribution is 6.30. The van der Waals surface area contributed by atoms with Crippen LogP contribution in [0.5, 0.6) is 5.75 Å². The minimum Gasteiger partial charge on any atom is -0.483 e. The fourth-order valence-electron chi connectivity index (χ4n) is 2.23. The molecule has 0 aromatic heterocycles. The number of hydrogen-bond donors (Lipinski definition) is 0. The maximum Gasteiger partial charge on any atom is 0.416 e. The normalized spacial score (nSPS) is 13.6.